The summed E-state index contributed by atoms with van der Waals surface area (Å²) in [6.45, 7) is 3.65. The van der Waals surface area contributed by atoms with Gasteiger partial charge in [-0.25, -0.2) is 15.0 Å². The molecule has 0 fully saturated rings. The summed E-state index contributed by atoms with van der Waals surface area (Å²) >= 11 is 5.96. The van der Waals surface area contributed by atoms with E-state index in [4.69, 9.17) is 17.3 Å². The van der Waals surface area contributed by atoms with E-state index in [1.165, 1.54) is 0 Å². The van der Waals surface area contributed by atoms with E-state index in [1.807, 2.05) is 6.07 Å². The van der Waals surface area contributed by atoms with Crippen molar-refractivity contribution in [3.8, 4) is 11.4 Å². The van der Waals surface area contributed by atoms with E-state index in [-0.39, 0.29) is 0 Å². The van der Waals surface area contributed by atoms with Crippen molar-refractivity contribution < 1.29 is 0 Å². The maximum absolute atomic E-state index is 5.96. The summed E-state index contributed by atoms with van der Waals surface area (Å²) in [6, 6.07) is 1.82. The third-order valence-corrected chi connectivity index (χ3v) is 3.01. The Kier molecular flexibility index (Phi) is 2.68. The zero-order chi connectivity index (χ0) is 13.4. The summed E-state index contributed by atoms with van der Waals surface area (Å²) in [6.07, 6.45) is 6.63. The van der Waals surface area contributed by atoms with Gasteiger partial charge in [-0.2, -0.15) is 0 Å². The second kappa shape index (κ2) is 4.37. The van der Waals surface area contributed by atoms with Crippen LogP contribution in [0.15, 0.2) is 31.2 Å². The van der Waals surface area contributed by atoms with Crippen LogP contribution in [0.5, 0.6) is 0 Å². The third-order valence-electron chi connectivity index (χ3n) is 2.81. The highest BCUT2D eigenvalue weighted by Gasteiger charge is 2.11. The largest absolute Gasteiger partial charge is 0.383 e. The van der Waals surface area contributed by atoms with Gasteiger partial charge in [-0.3, -0.25) is 0 Å². The van der Waals surface area contributed by atoms with Crippen LogP contribution in [0.25, 0.3) is 28.5 Å². The van der Waals surface area contributed by atoms with Crippen LogP contribution < -0.4 is 5.73 Å². The Morgan fingerprint density at radius 1 is 1.32 bits per heavy atom. The molecule has 0 aromatic carbocycles. The molecule has 0 aliphatic rings. The summed E-state index contributed by atoms with van der Waals surface area (Å²) < 4.78 is 0. The zero-order valence-corrected chi connectivity index (χ0v) is 10.6. The number of halogens is 1. The molecule has 0 aliphatic heterocycles. The lowest BCUT2D eigenvalue weighted by atomic mass is 10.2. The SMILES string of the molecule is C=Cc1cnc(-c2c[nH]c3ncc(Cl)cc23)nc1N. The van der Waals surface area contributed by atoms with Gasteiger partial charge < -0.3 is 10.7 Å². The molecule has 3 heterocycles. The van der Waals surface area contributed by atoms with Gasteiger partial charge in [0.1, 0.15) is 11.5 Å². The molecule has 0 aliphatic carbocycles. The van der Waals surface area contributed by atoms with E-state index in [9.17, 15) is 0 Å². The molecule has 5 nitrogen and oxygen atoms in total. The minimum atomic E-state index is 0.393. The fourth-order valence-corrected chi connectivity index (χ4v) is 2.01. The number of pyridine rings is 1. The van der Waals surface area contributed by atoms with Crippen LogP contribution in [0.2, 0.25) is 5.02 Å². The average Bonchev–Trinajstić information content (AvgIpc) is 2.81. The number of nitrogens with one attached hydrogen (secondary N) is 1. The Balaban J connectivity index is 2.21. The van der Waals surface area contributed by atoms with Gasteiger partial charge in [0.2, 0.25) is 0 Å². The summed E-state index contributed by atoms with van der Waals surface area (Å²) in [4.78, 5) is 15.8. The Hall–Kier alpha value is -2.40. The monoisotopic (exact) mass is 271 g/mol. The third kappa shape index (κ3) is 1.94. The summed E-state index contributed by atoms with van der Waals surface area (Å²) in [7, 11) is 0. The lowest BCUT2D eigenvalue weighted by molar-refractivity contribution is 1.18. The molecule has 0 spiro atoms. The van der Waals surface area contributed by atoms with E-state index in [1.54, 1.807) is 24.7 Å². The fraction of sp³-hybridized carbons (Fsp3) is 0. The normalized spacial score (nSPS) is 10.8. The second-order valence-corrected chi connectivity index (χ2v) is 4.43. The van der Waals surface area contributed by atoms with Crippen molar-refractivity contribution in [2.24, 2.45) is 0 Å². The maximum atomic E-state index is 5.96. The van der Waals surface area contributed by atoms with Gasteiger partial charge in [0, 0.05) is 35.1 Å². The first-order valence-corrected chi connectivity index (χ1v) is 5.95. The fourth-order valence-electron chi connectivity index (χ4n) is 1.85. The molecule has 0 amide bonds. The highest BCUT2D eigenvalue weighted by Crippen LogP contribution is 2.27. The summed E-state index contributed by atoms with van der Waals surface area (Å²) in [5, 5.41) is 1.42. The molecule has 3 N–H and O–H groups in total. The molecule has 94 valence electrons. The number of aromatic amines is 1. The summed E-state index contributed by atoms with van der Waals surface area (Å²) in [5.41, 5.74) is 8.09. The number of hydrogen-bond acceptors (Lipinski definition) is 4. The van der Waals surface area contributed by atoms with Crippen LogP contribution in [0.1, 0.15) is 5.56 Å². The number of rotatable bonds is 2. The van der Waals surface area contributed by atoms with Gasteiger partial charge in [-0.15, -0.1) is 0 Å². The molecule has 3 aromatic heterocycles. The Bertz CT molecular complexity index is 778. The van der Waals surface area contributed by atoms with Crippen LogP contribution in [-0.2, 0) is 0 Å². The summed E-state index contributed by atoms with van der Waals surface area (Å²) in [5.74, 6) is 0.919. The van der Waals surface area contributed by atoms with Crippen molar-refractivity contribution in [2.75, 3.05) is 5.73 Å². The van der Waals surface area contributed by atoms with E-state index in [0.29, 0.717) is 22.2 Å². The molecule has 0 unspecified atom stereocenters. The van der Waals surface area contributed by atoms with Gasteiger partial charge in [-0.1, -0.05) is 24.3 Å². The lowest BCUT2D eigenvalue weighted by Gasteiger charge is -2.02. The molecule has 3 aromatic rings. The molecule has 0 atom stereocenters. The van der Waals surface area contributed by atoms with Gasteiger partial charge in [-0.05, 0) is 6.07 Å². The standard InChI is InChI=1S/C13H10ClN5/c1-2-7-4-16-13(19-11(7)15)10-6-18-12-9(10)3-8(14)5-17-12/h2-6H,1H2,(H,17,18)(H2,15,16,19). The van der Waals surface area contributed by atoms with Crippen LogP contribution in [-0.4, -0.2) is 19.9 Å². The Morgan fingerprint density at radius 3 is 2.89 bits per heavy atom. The van der Waals surface area contributed by atoms with Crippen LogP contribution in [0, 0.1) is 0 Å². The topological polar surface area (TPSA) is 80.5 Å². The van der Waals surface area contributed by atoms with Gasteiger partial charge in [0.25, 0.3) is 0 Å². The van der Waals surface area contributed by atoms with E-state index >= 15 is 0 Å². The Morgan fingerprint density at radius 2 is 2.16 bits per heavy atom. The number of nitrogens with zero attached hydrogens (tertiary/aromatic N) is 3. The van der Waals surface area contributed by atoms with Crippen molar-refractivity contribution >= 4 is 34.5 Å². The molecule has 6 heteroatoms. The molecule has 0 radical (unpaired) electrons. The first kappa shape index (κ1) is 11.7. The van der Waals surface area contributed by atoms with Crippen LogP contribution in [0.4, 0.5) is 5.82 Å². The van der Waals surface area contributed by atoms with E-state index < -0.39 is 0 Å². The van der Waals surface area contributed by atoms with Gasteiger partial charge in [0.05, 0.1) is 5.02 Å². The molecule has 3 rings (SSSR count). The van der Waals surface area contributed by atoms with Crippen LogP contribution >= 0.6 is 11.6 Å². The number of anilines is 1. The predicted molar refractivity (Wildman–Crippen MR) is 76.6 cm³/mol. The number of aromatic nitrogens is 4. The Labute approximate surface area is 114 Å². The molecular formula is C13H10ClN5. The van der Waals surface area contributed by atoms with Gasteiger partial charge >= 0.3 is 0 Å². The molecule has 19 heavy (non-hydrogen) atoms. The number of H-pyrrole nitrogens is 1. The maximum Gasteiger partial charge on any atom is 0.163 e. The van der Waals surface area contributed by atoms with E-state index in [2.05, 4.69) is 26.5 Å². The van der Waals surface area contributed by atoms with Crippen molar-refractivity contribution in [3.05, 3.63) is 41.8 Å². The first-order valence-electron chi connectivity index (χ1n) is 5.57. The number of fused-ring (bicyclic) bond motifs is 1. The average molecular weight is 272 g/mol. The van der Waals surface area contributed by atoms with Crippen molar-refractivity contribution in [3.63, 3.8) is 0 Å². The number of nitrogens with two attached hydrogens (primary N) is 1. The predicted octanol–water partition coefficient (Wildman–Crippen LogP) is 2.90. The minimum Gasteiger partial charge on any atom is -0.383 e. The quantitative estimate of drug-likeness (QED) is 0.751. The number of hydrogen-bond donors (Lipinski definition) is 2. The van der Waals surface area contributed by atoms with Crippen molar-refractivity contribution in [1.82, 2.24) is 19.9 Å². The molecule has 0 saturated carbocycles. The van der Waals surface area contributed by atoms with Crippen molar-refractivity contribution in [1.29, 1.82) is 0 Å². The van der Waals surface area contributed by atoms with E-state index in [0.717, 1.165) is 16.6 Å². The molecule has 0 bridgehead atoms. The zero-order valence-electron chi connectivity index (χ0n) is 9.89. The molecule has 0 saturated heterocycles. The highest BCUT2D eigenvalue weighted by molar-refractivity contribution is 6.31. The van der Waals surface area contributed by atoms with Crippen molar-refractivity contribution in [2.45, 2.75) is 0 Å². The van der Waals surface area contributed by atoms with Crippen LogP contribution in [0.3, 0.4) is 0 Å². The highest BCUT2D eigenvalue weighted by atomic mass is 35.5. The molecular weight excluding hydrogens is 262 g/mol. The van der Waals surface area contributed by atoms with Gasteiger partial charge in [0.15, 0.2) is 5.82 Å². The minimum absolute atomic E-state index is 0.393. The first-order chi connectivity index (χ1) is 9.19. The lowest BCUT2D eigenvalue weighted by Crippen LogP contribution is -1.98. The second-order valence-electron chi connectivity index (χ2n) is 3.99. The smallest absolute Gasteiger partial charge is 0.163 e. The number of nitrogen functional groups attached to an aromatic ring is 1.